The largest absolute Gasteiger partial charge is 0.489 e. The molecule has 1 unspecified atom stereocenters. The Kier molecular flexibility index (Phi) is 7.99. The molecule has 0 spiro atoms. The van der Waals surface area contributed by atoms with E-state index in [-0.39, 0.29) is 5.91 Å². The number of nitrogens with zero attached hydrogens (tertiary/aromatic N) is 2. The number of nitrogens with two attached hydrogens (primary N) is 1. The van der Waals surface area contributed by atoms with Crippen LogP contribution in [-0.4, -0.2) is 43.0 Å². The van der Waals surface area contributed by atoms with Crippen molar-refractivity contribution in [2.24, 2.45) is 16.6 Å². The molecule has 1 aromatic carbocycles. The Bertz CT molecular complexity index is 630. The molecule has 0 aliphatic carbocycles. The Hall–Kier alpha value is -2.50. The Morgan fingerprint density at radius 3 is 3.04 bits per heavy atom. The maximum Gasteiger partial charge on any atom is 0.217 e. The summed E-state index contributed by atoms with van der Waals surface area (Å²) in [4.78, 5) is 18.3. The van der Waals surface area contributed by atoms with Gasteiger partial charge in [-0.3, -0.25) is 4.79 Å². The molecule has 1 amide bonds. The lowest BCUT2D eigenvalue weighted by Crippen LogP contribution is -2.47. The number of hydrogen-bond donors (Lipinski definition) is 2. The third kappa shape index (κ3) is 6.10. The second-order valence-electron chi connectivity index (χ2n) is 6.50. The molecule has 1 aromatic rings. The summed E-state index contributed by atoms with van der Waals surface area (Å²) in [5.74, 6) is 1.78. The van der Waals surface area contributed by atoms with Crippen LogP contribution < -0.4 is 15.8 Å². The molecule has 6 heteroatoms. The Balaban J connectivity index is 2.09. The molecule has 1 fully saturated rings. The zero-order valence-corrected chi connectivity index (χ0v) is 15.6. The number of hydrogen-bond acceptors (Lipinski definition) is 3. The summed E-state index contributed by atoms with van der Waals surface area (Å²) in [6.07, 6.45) is 4.25. The maximum absolute atomic E-state index is 11.2. The van der Waals surface area contributed by atoms with Gasteiger partial charge in [-0.25, -0.2) is 4.99 Å². The van der Waals surface area contributed by atoms with Gasteiger partial charge in [-0.1, -0.05) is 30.9 Å². The third-order valence-corrected chi connectivity index (χ3v) is 4.37. The van der Waals surface area contributed by atoms with Gasteiger partial charge in [-0.05, 0) is 31.7 Å². The number of ether oxygens (including phenoxy) is 1. The predicted molar refractivity (Wildman–Crippen MR) is 105 cm³/mol. The average molecular weight is 358 g/mol. The summed E-state index contributed by atoms with van der Waals surface area (Å²) in [6.45, 7) is 9.30. The molecule has 26 heavy (non-hydrogen) atoms. The first-order valence-corrected chi connectivity index (χ1v) is 9.27. The van der Waals surface area contributed by atoms with Crippen molar-refractivity contribution in [3.8, 4) is 5.75 Å². The van der Waals surface area contributed by atoms with Crippen LogP contribution in [0.15, 0.2) is 41.9 Å². The van der Waals surface area contributed by atoms with Crippen LogP contribution in [0.5, 0.6) is 5.75 Å². The Labute approximate surface area is 156 Å². The molecule has 6 nitrogen and oxygen atoms in total. The van der Waals surface area contributed by atoms with Gasteiger partial charge in [-0.2, -0.15) is 0 Å². The second kappa shape index (κ2) is 10.5. The summed E-state index contributed by atoms with van der Waals surface area (Å²) in [6, 6.07) is 7.92. The number of aliphatic imine (C=N–C) groups is 1. The van der Waals surface area contributed by atoms with E-state index in [0.717, 1.165) is 49.7 Å². The topological polar surface area (TPSA) is 79.9 Å². The summed E-state index contributed by atoms with van der Waals surface area (Å²) in [5, 5.41) is 3.36. The molecule has 1 aliphatic heterocycles. The van der Waals surface area contributed by atoms with Crippen LogP contribution >= 0.6 is 0 Å². The molecule has 3 N–H and O–H groups in total. The number of carbonyl (C=O) groups is 1. The smallest absolute Gasteiger partial charge is 0.217 e. The summed E-state index contributed by atoms with van der Waals surface area (Å²) < 4.78 is 5.71. The van der Waals surface area contributed by atoms with E-state index in [1.54, 1.807) is 6.08 Å². The fourth-order valence-electron chi connectivity index (χ4n) is 3.22. The van der Waals surface area contributed by atoms with Gasteiger partial charge in [0.15, 0.2) is 5.96 Å². The Morgan fingerprint density at radius 1 is 1.50 bits per heavy atom. The van der Waals surface area contributed by atoms with E-state index < -0.39 is 0 Å². The highest BCUT2D eigenvalue weighted by atomic mass is 16.5. The molecule has 0 radical (unpaired) electrons. The highest BCUT2D eigenvalue weighted by Crippen LogP contribution is 2.21. The number of guanidine groups is 1. The van der Waals surface area contributed by atoms with Crippen molar-refractivity contribution in [1.82, 2.24) is 10.2 Å². The van der Waals surface area contributed by atoms with E-state index in [1.807, 2.05) is 24.3 Å². The first-order valence-electron chi connectivity index (χ1n) is 9.27. The van der Waals surface area contributed by atoms with Crippen molar-refractivity contribution in [3.63, 3.8) is 0 Å². The monoisotopic (exact) mass is 358 g/mol. The van der Waals surface area contributed by atoms with E-state index in [0.29, 0.717) is 25.5 Å². The fraction of sp³-hybridized carbons (Fsp3) is 0.500. The number of piperidine rings is 1. The molecule has 1 saturated heterocycles. The van der Waals surface area contributed by atoms with Crippen molar-refractivity contribution in [3.05, 3.63) is 42.5 Å². The van der Waals surface area contributed by atoms with Gasteiger partial charge in [0.05, 0.1) is 6.54 Å². The zero-order valence-electron chi connectivity index (χ0n) is 15.6. The predicted octanol–water partition coefficient (Wildman–Crippen LogP) is 2.30. The number of likely N-dealkylation sites (tertiary alicyclic amines) is 1. The molecule has 2 rings (SSSR count). The summed E-state index contributed by atoms with van der Waals surface area (Å²) in [7, 11) is 0. The molecule has 0 saturated carbocycles. The van der Waals surface area contributed by atoms with Crippen LogP contribution in [-0.2, 0) is 11.3 Å². The minimum atomic E-state index is -0.230. The number of rotatable bonds is 8. The highest BCUT2D eigenvalue weighted by Gasteiger charge is 2.23. The number of para-hydroxylation sites is 1. The van der Waals surface area contributed by atoms with Gasteiger partial charge in [-0.15, -0.1) is 0 Å². The lowest BCUT2D eigenvalue weighted by atomic mass is 9.95. The van der Waals surface area contributed by atoms with Crippen molar-refractivity contribution in [2.45, 2.75) is 32.7 Å². The standard InChI is InChI=1S/C20H30N4O2/c1-3-12-26-18-10-6-5-9-17(18)14-23-20(22-4-2)24-11-7-8-16(15-24)13-19(21)25/h3,5-6,9-10,16H,1,4,7-8,11-15H2,2H3,(H2,21,25)(H,22,23). The summed E-state index contributed by atoms with van der Waals surface area (Å²) in [5.41, 5.74) is 6.41. The minimum absolute atomic E-state index is 0.230. The average Bonchev–Trinajstić information content (AvgIpc) is 2.64. The quantitative estimate of drug-likeness (QED) is 0.424. The van der Waals surface area contributed by atoms with Crippen molar-refractivity contribution < 1.29 is 9.53 Å². The van der Waals surface area contributed by atoms with E-state index in [1.165, 1.54) is 0 Å². The van der Waals surface area contributed by atoms with Crippen LogP contribution in [0, 0.1) is 5.92 Å². The fourth-order valence-corrected chi connectivity index (χ4v) is 3.22. The van der Waals surface area contributed by atoms with Crippen LogP contribution in [0.1, 0.15) is 31.7 Å². The minimum Gasteiger partial charge on any atom is -0.489 e. The molecule has 0 aromatic heterocycles. The van der Waals surface area contributed by atoms with Crippen molar-refractivity contribution in [1.29, 1.82) is 0 Å². The van der Waals surface area contributed by atoms with Gasteiger partial charge in [0.2, 0.25) is 5.91 Å². The molecule has 1 atom stereocenters. The van der Waals surface area contributed by atoms with E-state index in [2.05, 4.69) is 23.7 Å². The number of primary amides is 1. The van der Waals surface area contributed by atoms with Crippen LogP contribution in [0.3, 0.4) is 0 Å². The molecule has 0 bridgehead atoms. The summed E-state index contributed by atoms with van der Waals surface area (Å²) >= 11 is 0. The van der Waals surface area contributed by atoms with Crippen LogP contribution in [0.4, 0.5) is 0 Å². The van der Waals surface area contributed by atoms with Crippen molar-refractivity contribution >= 4 is 11.9 Å². The molecule has 142 valence electrons. The van der Waals surface area contributed by atoms with E-state index in [4.69, 9.17) is 15.5 Å². The van der Waals surface area contributed by atoms with Gasteiger partial charge in [0.25, 0.3) is 0 Å². The lowest BCUT2D eigenvalue weighted by Gasteiger charge is -2.34. The van der Waals surface area contributed by atoms with Gasteiger partial charge < -0.3 is 20.7 Å². The second-order valence-corrected chi connectivity index (χ2v) is 6.50. The number of nitrogens with one attached hydrogen (secondary N) is 1. The number of carbonyl (C=O) groups excluding carboxylic acids is 1. The van der Waals surface area contributed by atoms with Gasteiger partial charge >= 0.3 is 0 Å². The maximum atomic E-state index is 11.2. The molecular weight excluding hydrogens is 328 g/mol. The van der Waals surface area contributed by atoms with Crippen LogP contribution in [0.2, 0.25) is 0 Å². The Morgan fingerprint density at radius 2 is 2.31 bits per heavy atom. The van der Waals surface area contributed by atoms with E-state index >= 15 is 0 Å². The third-order valence-electron chi connectivity index (χ3n) is 4.37. The van der Waals surface area contributed by atoms with Crippen molar-refractivity contribution in [2.75, 3.05) is 26.2 Å². The van der Waals surface area contributed by atoms with Crippen LogP contribution in [0.25, 0.3) is 0 Å². The zero-order chi connectivity index (χ0) is 18.8. The first kappa shape index (κ1) is 19.8. The molecule has 1 aliphatic rings. The first-order chi connectivity index (χ1) is 12.6. The number of amides is 1. The van der Waals surface area contributed by atoms with Gasteiger partial charge in [0, 0.05) is 31.6 Å². The normalized spacial score (nSPS) is 17.7. The highest BCUT2D eigenvalue weighted by molar-refractivity contribution is 5.80. The number of benzene rings is 1. The lowest BCUT2D eigenvalue weighted by molar-refractivity contribution is -0.119. The molecular formula is C20H30N4O2. The van der Waals surface area contributed by atoms with E-state index in [9.17, 15) is 4.79 Å². The molecule has 1 heterocycles. The van der Waals surface area contributed by atoms with Gasteiger partial charge in [0.1, 0.15) is 12.4 Å². The SMILES string of the molecule is C=CCOc1ccccc1CN=C(NCC)N1CCCC(CC(N)=O)C1.